The zero-order valence-corrected chi connectivity index (χ0v) is 15.5. The first-order valence-corrected chi connectivity index (χ1v) is 10.0. The molecule has 27 heavy (non-hydrogen) atoms. The molecule has 0 spiro atoms. The lowest BCUT2D eigenvalue weighted by Gasteiger charge is -2.10. The topological polar surface area (TPSA) is 86.5 Å². The van der Waals surface area contributed by atoms with Crippen LogP contribution in [-0.2, 0) is 9.84 Å². The Bertz CT molecular complexity index is 1220. The maximum Gasteiger partial charge on any atom is 0.253 e. The minimum atomic E-state index is -3.53. The SMILES string of the molecule is COc1ccc(-c2c(S(C)(=O)=O)cnc3nc(-c4ccccc4)nn23)cc1. The summed E-state index contributed by atoms with van der Waals surface area (Å²) in [5.74, 6) is 1.48. The van der Waals surface area contributed by atoms with Gasteiger partial charge in [-0.15, -0.1) is 5.10 Å². The molecule has 0 saturated heterocycles. The normalized spacial score (nSPS) is 11.6. The smallest absolute Gasteiger partial charge is 0.253 e. The van der Waals surface area contributed by atoms with E-state index in [1.165, 1.54) is 10.7 Å². The number of fused-ring (bicyclic) bond motifs is 1. The number of sulfone groups is 1. The van der Waals surface area contributed by atoms with E-state index in [2.05, 4.69) is 15.1 Å². The van der Waals surface area contributed by atoms with Crippen molar-refractivity contribution in [3.05, 3.63) is 60.8 Å². The van der Waals surface area contributed by atoms with E-state index >= 15 is 0 Å². The average Bonchev–Trinajstić information content (AvgIpc) is 3.11. The van der Waals surface area contributed by atoms with Gasteiger partial charge in [0.25, 0.3) is 5.78 Å². The summed E-state index contributed by atoms with van der Waals surface area (Å²) in [7, 11) is -1.95. The van der Waals surface area contributed by atoms with Gasteiger partial charge in [-0.1, -0.05) is 30.3 Å². The summed E-state index contributed by atoms with van der Waals surface area (Å²) in [6, 6.07) is 16.6. The minimum Gasteiger partial charge on any atom is -0.497 e. The number of nitrogens with zero attached hydrogens (tertiary/aromatic N) is 4. The van der Waals surface area contributed by atoms with Crippen molar-refractivity contribution in [2.24, 2.45) is 0 Å². The molecular weight excluding hydrogens is 364 g/mol. The van der Waals surface area contributed by atoms with Crippen LogP contribution >= 0.6 is 0 Å². The van der Waals surface area contributed by atoms with Gasteiger partial charge in [-0.2, -0.15) is 9.50 Å². The summed E-state index contributed by atoms with van der Waals surface area (Å²) < 4.78 is 31.3. The second-order valence-electron chi connectivity index (χ2n) is 5.98. The van der Waals surface area contributed by atoms with Gasteiger partial charge in [-0.25, -0.2) is 13.4 Å². The number of rotatable bonds is 4. The highest BCUT2D eigenvalue weighted by Gasteiger charge is 2.21. The van der Waals surface area contributed by atoms with Crippen LogP contribution in [-0.4, -0.2) is 41.4 Å². The Morgan fingerprint density at radius 2 is 1.67 bits per heavy atom. The fourth-order valence-electron chi connectivity index (χ4n) is 2.81. The standard InChI is InChI=1S/C19H16N4O3S/c1-26-15-10-8-13(9-11-15)17-16(27(2,24)25)12-20-19-21-18(22-23(17)19)14-6-4-3-5-7-14/h3-12H,1-2H3. The molecule has 2 aromatic heterocycles. The van der Waals surface area contributed by atoms with E-state index < -0.39 is 9.84 Å². The van der Waals surface area contributed by atoms with Crippen molar-refractivity contribution in [2.45, 2.75) is 4.90 Å². The number of benzene rings is 2. The molecule has 7 nitrogen and oxygen atoms in total. The quantitative estimate of drug-likeness (QED) is 0.541. The molecule has 4 rings (SSSR count). The molecule has 2 aromatic carbocycles. The molecule has 8 heteroatoms. The Kier molecular flexibility index (Phi) is 4.12. The Morgan fingerprint density at radius 3 is 2.30 bits per heavy atom. The highest BCUT2D eigenvalue weighted by atomic mass is 32.2. The van der Waals surface area contributed by atoms with Crippen LogP contribution in [0.3, 0.4) is 0 Å². The van der Waals surface area contributed by atoms with Crippen LogP contribution in [0.25, 0.3) is 28.4 Å². The Morgan fingerprint density at radius 1 is 0.963 bits per heavy atom. The van der Waals surface area contributed by atoms with E-state index in [9.17, 15) is 8.42 Å². The van der Waals surface area contributed by atoms with Crippen molar-refractivity contribution in [2.75, 3.05) is 13.4 Å². The molecule has 0 radical (unpaired) electrons. The van der Waals surface area contributed by atoms with Crippen molar-refractivity contribution >= 4 is 15.6 Å². The Balaban J connectivity index is 2.01. The van der Waals surface area contributed by atoms with E-state index in [1.54, 1.807) is 31.4 Å². The third-order valence-corrected chi connectivity index (χ3v) is 5.23. The third kappa shape index (κ3) is 3.15. The summed E-state index contributed by atoms with van der Waals surface area (Å²) in [6.45, 7) is 0. The van der Waals surface area contributed by atoms with Crippen LogP contribution in [0.15, 0.2) is 65.7 Å². The van der Waals surface area contributed by atoms with E-state index in [-0.39, 0.29) is 4.90 Å². The third-order valence-electron chi connectivity index (χ3n) is 4.13. The van der Waals surface area contributed by atoms with E-state index in [0.717, 1.165) is 11.8 Å². The van der Waals surface area contributed by atoms with Crippen LogP contribution in [0.5, 0.6) is 5.75 Å². The van der Waals surface area contributed by atoms with Crippen molar-refractivity contribution in [1.29, 1.82) is 0 Å². The van der Waals surface area contributed by atoms with E-state index in [4.69, 9.17) is 4.74 Å². The van der Waals surface area contributed by atoms with Gasteiger partial charge in [0, 0.05) is 17.4 Å². The lowest BCUT2D eigenvalue weighted by molar-refractivity contribution is 0.415. The zero-order valence-electron chi connectivity index (χ0n) is 14.7. The van der Waals surface area contributed by atoms with Gasteiger partial charge in [0.05, 0.1) is 19.0 Å². The first-order valence-electron chi connectivity index (χ1n) is 8.13. The largest absolute Gasteiger partial charge is 0.497 e. The van der Waals surface area contributed by atoms with Crippen molar-refractivity contribution in [3.8, 4) is 28.4 Å². The lowest BCUT2D eigenvalue weighted by Crippen LogP contribution is -2.07. The summed E-state index contributed by atoms with van der Waals surface area (Å²) in [4.78, 5) is 8.73. The molecule has 0 aliphatic carbocycles. The maximum atomic E-state index is 12.3. The summed E-state index contributed by atoms with van der Waals surface area (Å²) in [6.07, 6.45) is 2.48. The summed E-state index contributed by atoms with van der Waals surface area (Å²) in [5.41, 5.74) is 1.91. The number of ether oxygens (including phenoxy) is 1. The van der Waals surface area contributed by atoms with Crippen LogP contribution < -0.4 is 4.74 Å². The first kappa shape index (κ1) is 17.2. The van der Waals surface area contributed by atoms with Crippen molar-refractivity contribution < 1.29 is 13.2 Å². The van der Waals surface area contributed by atoms with Crippen LogP contribution in [0.1, 0.15) is 0 Å². The summed E-state index contributed by atoms with van der Waals surface area (Å²) >= 11 is 0. The molecule has 0 atom stereocenters. The second kappa shape index (κ2) is 6.48. The molecule has 0 aliphatic heterocycles. The van der Waals surface area contributed by atoms with Gasteiger partial charge in [-0.05, 0) is 24.3 Å². The highest BCUT2D eigenvalue weighted by Crippen LogP contribution is 2.29. The zero-order chi connectivity index (χ0) is 19.0. The van der Waals surface area contributed by atoms with Crippen molar-refractivity contribution in [1.82, 2.24) is 19.6 Å². The molecule has 4 aromatic rings. The molecule has 2 heterocycles. The van der Waals surface area contributed by atoms with Gasteiger partial charge in [0.1, 0.15) is 10.6 Å². The molecule has 0 N–H and O–H groups in total. The highest BCUT2D eigenvalue weighted by molar-refractivity contribution is 7.90. The molecule has 0 fully saturated rings. The number of methoxy groups -OCH3 is 1. The van der Waals surface area contributed by atoms with Crippen molar-refractivity contribution in [3.63, 3.8) is 0 Å². The molecule has 0 unspecified atom stereocenters. The van der Waals surface area contributed by atoms with E-state index in [0.29, 0.717) is 28.6 Å². The fourth-order valence-corrected chi connectivity index (χ4v) is 3.61. The predicted molar refractivity (Wildman–Crippen MR) is 101 cm³/mol. The second-order valence-corrected chi connectivity index (χ2v) is 7.97. The van der Waals surface area contributed by atoms with Crippen LogP contribution in [0.4, 0.5) is 0 Å². The number of hydrogen-bond acceptors (Lipinski definition) is 6. The number of hydrogen-bond donors (Lipinski definition) is 0. The number of aromatic nitrogens is 4. The van der Waals surface area contributed by atoms with Crippen LogP contribution in [0, 0.1) is 0 Å². The van der Waals surface area contributed by atoms with Crippen LogP contribution in [0.2, 0.25) is 0 Å². The lowest BCUT2D eigenvalue weighted by atomic mass is 10.1. The maximum absolute atomic E-state index is 12.3. The monoisotopic (exact) mass is 380 g/mol. The van der Waals surface area contributed by atoms with Gasteiger partial charge in [0.15, 0.2) is 15.7 Å². The van der Waals surface area contributed by atoms with Gasteiger partial charge < -0.3 is 4.74 Å². The Hall–Kier alpha value is -3.26. The first-order chi connectivity index (χ1) is 13.0. The molecule has 136 valence electrons. The fraction of sp³-hybridized carbons (Fsp3) is 0.105. The van der Waals surface area contributed by atoms with Gasteiger partial charge in [-0.3, -0.25) is 0 Å². The predicted octanol–water partition coefficient (Wildman–Crippen LogP) is 2.87. The van der Waals surface area contributed by atoms with Gasteiger partial charge >= 0.3 is 0 Å². The molecule has 0 bridgehead atoms. The molecule has 0 amide bonds. The molecular formula is C19H16N4O3S. The minimum absolute atomic E-state index is 0.0877. The Labute approximate surface area is 156 Å². The summed E-state index contributed by atoms with van der Waals surface area (Å²) in [5, 5.41) is 4.52. The molecule has 0 aliphatic rings. The average molecular weight is 380 g/mol. The van der Waals surface area contributed by atoms with Gasteiger partial charge in [0.2, 0.25) is 0 Å². The molecule has 0 saturated carbocycles. The van der Waals surface area contributed by atoms with E-state index in [1.807, 2.05) is 30.3 Å².